The third kappa shape index (κ3) is 1.95. The molecule has 52 valence electrons. The average Bonchev–Trinajstić information content (AvgIpc) is 1.88. The Morgan fingerprint density at radius 1 is 1.60 bits per heavy atom. The van der Waals surface area contributed by atoms with Crippen molar-refractivity contribution < 1.29 is 0 Å². The molecule has 0 radical (unpaired) electrons. The topological polar surface area (TPSA) is 12.9 Å². The van der Waals surface area contributed by atoms with Crippen molar-refractivity contribution in [3.05, 3.63) is 34.6 Å². The van der Waals surface area contributed by atoms with Gasteiger partial charge in [0.2, 0.25) is 0 Å². The summed E-state index contributed by atoms with van der Waals surface area (Å²) in [6.45, 7) is 1.98. The molecule has 0 aromatic carbocycles. The Hall–Kier alpha value is -0.630. The van der Waals surface area contributed by atoms with E-state index in [1.165, 1.54) is 5.56 Å². The van der Waals surface area contributed by atoms with Crippen LogP contribution in [0.25, 0.3) is 6.08 Å². The summed E-state index contributed by atoms with van der Waals surface area (Å²) >= 11 is 3.21. The highest BCUT2D eigenvalue weighted by Crippen LogP contribution is 2.03. The van der Waals surface area contributed by atoms with E-state index in [1.54, 1.807) is 6.20 Å². The first-order valence-corrected chi connectivity index (χ1v) is 3.94. The van der Waals surface area contributed by atoms with E-state index in [9.17, 15) is 0 Å². The summed E-state index contributed by atoms with van der Waals surface area (Å²) in [7, 11) is 0. The molecule has 0 aliphatic rings. The summed E-state index contributed by atoms with van der Waals surface area (Å²) in [5.74, 6) is 0. The highest BCUT2D eigenvalue weighted by atomic mass is 79.9. The molecule has 1 heterocycles. The summed E-state index contributed by atoms with van der Waals surface area (Å²) in [5.41, 5.74) is 2.22. The van der Waals surface area contributed by atoms with Gasteiger partial charge in [-0.25, -0.2) is 0 Å². The minimum Gasteiger partial charge on any atom is -0.262 e. The normalized spacial score (nSPS) is 10.6. The van der Waals surface area contributed by atoms with Crippen molar-refractivity contribution in [2.75, 3.05) is 0 Å². The molecule has 0 amide bonds. The minimum absolute atomic E-state index is 1.04. The zero-order chi connectivity index (χ0) is 7.40. The van der Waals surface area contributed by atoms with Crippen LogP contribution in [0.15, 0.2) is 23.3 Å². The number of hydrogen-bond donors (Lipinski definition) is 0. The van der Waals surface area contributed by atoms with Crippen molar-refractivity contribution in [1.82, 2.24) is 4.98 Å². The molecular weight excluding hydrogens is 190 g/mol. The van der Waals surface area contributed by atoms with Crippen LogP contribution in [-0.4, -0.2) is 4.98 Å². The monoisotopic (exact) mass is 197 g/mol. The highest BCUT2D eigenvalue weighted by molar-refractivity contribution is 9.11. The molecule has 0 spiro atoms. The predicted molar refractivity (Wildman–Crippen MR) is 46.9 cm³/mol. The molecule has 2 heteroatoms. The Labute approximate surface area is 68.9 Å². The van der Waals surface area contributed by atoms with Gasteiger partial charge in [0.1, 0.15) is 0 Å². The average molecular weight is 198 g/mol. The first-order chi connectivity index (χ1) is 4.83. The van der Waals surface area contributed by atoms with Crippen LogP contribution in [0.1, 0.15) is 11.3 Å². The van der Waals surface area contributed by atoms with Crippen LogP contribution in [0, 0.1) is 6.92 Å². The summed E-state index contributed by atoms with van der Waals surface area (Å²) in [4.78, 5) is 5.91. The number of aromatic nitrogens is 1. The van der Waals surface area contributed by atoms with Gasteiger partial charge >= 0.3 is 0 Å². The van der Waals surface area contributed by atoms with Crippen molar-refractivity contribution in [3.63, 3.8) is 0 Å². The second kappa shape index (κ2) is 3.52. The summed E-state index contributed by atoms with van der Waals surface area (Å²) in [5, 5.41) is 0. The molecule has 0 bridgehead atoms. The van der Waals surface area contributed by atoms with E-state index in [2.05, 4.69) is 20.9 Å². The van der Waals surface area contributed by atoms with E-state index in [0.717, 1.165) is 5.69 Å². The van der Waals surface area contributed by atoms with Crippen molar-refractivity contribution in [3.8, 4) is 0 Å². The number of nitrogens with zero attached hydrogens (tertiary/aromatic N) is 1. The van der Waals surface area contributed by atoms with Crippen LogP contribution in [0.2, 0.25) is 0 Å². The van der Waals surface area contributed by atoms with Crippen LogP contribution in [0.3, 0.4) is 0 Å². The molecule has 1 aromatic rings. The summed E-state index contributed by atoms with van der Waals surface area (Å²) in [6.07, 6.45) is 3.78. The Bertz CT molecular complexity index is 243. The third-order valence-corrected chi connectivity index (χ3v) is 1.44. The van der Waals surface area contributed by atoms with Gasteiger partial charge in [-0.15, -0.1) is 0 Å². The number of hydrogen-bond acceptors (Lipinski definition) is 1. The fraction of sp³-hybridized carbons (Fsp3) is 0.125. The van der Waals surface area contributed by atoms with Crippen LogP contribution in [0.5, 0.6) is 0 Å². The molecule has 0 fully saturated rings. The minimum atomic E-state index is 1.04. The Morgan fingerprint density at radius 2 is 2.40 bits per heavy atom. The number of rotatable bonds is 1. The van der Waals surface area contributed by atoms with Gasteiger partial charge in [-0.1, -0.05) is 15.9 Å². The molecule has 0 unspecified atom stereocenters. The van der Waals surface area contributed by atoms with Gasteiger partial charge in [-0.3, -0.25) is 4.98 Å². The number of halogens is 1. The molecule has 0 aliphatic heterocycles. The molecule has 1 aromatic heterocycles. The maximum absolute atomic E-state index is 4.07. The lowest BCUT2D eigenvalue weighted by molar-refractivity contribution is 1.20. The van der Waals surface area contributed by atoms with Crippen molar-refractivity contribution >= 4 is 22.0 Å². The Morgan fingerprint density at radius 3 is 3.00 bits per heavy atom. The van der Waals surface area contributed by atoms with Gasteiger partial charge in [-0.05, 0) is 35.7 Å². The standard InChI is InChI=1S/C8H8BrN/c1-7-6-8(2-4-9)3-5-10-7/h2-6H,1H3/b4-2+. The van der Waals surface area contributed by atoms with Gasteiger partial charge in [0.15, 0.2) is 0 Å². The lowest BCUT2D eigenvalue weighted by Gasteiger charge is -1.92. The zero-order valence-corrected chi connectivity index (χ0v) is 7.30. The van der Waals surface area contributed by atoms with Crippen LogP contribution in [0.4, 0.5) is 0 Å². The molecular formula is C8H8BrN. The highest BCUT2D eigenvalue weighted by Gasteiger charge is 1.85. The maximum atomic E-state index is 4.07. The lowest BCUT2D eigenvalue weighted by Crippen LogP contribution is -1.79. The van der Waals surface area contributed by atoms with Gasteiger partial charge in [0, 0.05) is 11.9 Å². The van der Waals surface area contributed by atoms with Gasteiger partial charge in [0.25, 0.3) is 0 Å². The predicted octanol–water partition coefficient (Wildman–Crippen LogP) is 2.76. The van der Waals surface area contributed by atoms with Crippen molar-refractivity contribution in [2.24, 2.45) is 0 Å². The Balaban J connectivity index is 2.95. The molecule has 10 heavy (non-hydrogen) atoms. The van der Waals surface area contributed by atoms with Gasteiger partial charge < -0.3 is 0 Å². The number of aryl methyl sites for hydroxylation is 1. The summed E-state index contributed by atoms with van der Waals surface area (Å²) in [6, 6.07) is 3.99. The lowest BCUT2D eigenvalue weighted by atomic mass is 10.2. The molecule has 1 rings (SSSR count). The molecule has 0 saturated heterocycles. The van der Waals surface area contributed by atoms with Crippen LogP contribution in [-0.2, 0) is 0 Å². The molecule has 0 atom stereocenters. The SMILES string of the molecule is Cc1cc(/C=C/Br)ccn1. The Kier molecular flexibility index (Phi) is 2.63. The maximum Gasteiger partial charge on any atom is 0.0378 e. The molecule has 0 saturated carbocycles. The van der Waals surface area contributed by atoms with Gasteiger partial charge in [-0.2, -0.15) is 0 Å². The first-order valence-electron chi connectivity index (χ1n) is 3.02. The zero-order valence-electron chi connectivity index (χ0n) is 5.71. The second-order valence-corrected chi connectivity index (χ2v) is 2.55. The van der Waals surface area contributed by atoms with E-state index in [4.69, 9.17) is 0 Å². The van der Waals surface area contributed by atoms with Gasteiger partial charge in [0.05, 0.1) is 0 Å². The smallest absolute Gasteiger partial charge is 0.0378 e. The van der Waals surface area contributed by atoms with Crippen LogP contribution < -0.4 is 0 Å². The molecule has 0 aliphatic carbocycles. The molecule has 0 N–H and O–H groups in total. The van der Waals surface area contributed by atoms with Crippen LogP contribution >= 0.6 is 15.9 Å². The van der Waals surface area contributed by atoms with Crippen molar-refractivity contribution in [1.29, 1.82) is 0 Å². The third-order valence-electron chi connectivity index (χ3n) is 1.18. The number of pyridine rings is 1. The first kappa shape index (κ1) is 7.48. The van der Waals surface area contributed by atoms with E-state index >= 15 is 0 Å². The quantitative estimate of drug-likeness (QED) is 0.676. The fourth-order valence-electron chi connectivity index (χ4n) is 0.744. The van der Waals surface area contributed by atoms with E-state index in [1.807, 2.05) is 30.1 Å². The fourth-order valence-corrected chi connectivity index (χ4v) is 1.05. The summed E-state index contributed by atoms with van der Waals surface area (Å²) < 4.78 is 0. The molecule has 1 nitrogen and oxygen atoms in total. The largest absolute Gasteiger partial charge is 0.262 e. The van der Waals surface area contributed by atoms with E-state index in [-0.39, 0.29) is 0 Å². The second-order valence-electron chi connectivity index (χ2n) is 2.02. The van der Waals surface area contributed by atoms with Crippen molar-refractivity contribution in [2.45, 2.75) is 6.92 Å². The van der Waals surface area contributed by atoms with E-state index in [0.29, 0.717) is 0 Å². The van der Waals surface area contributed by atoms with E-state index < -0.39 is 0 Å².